The second-order valence-corrected chi connectivity index (χ2v) is 12.6. The smallest absolute Gasteiger partial charge is 0.159 e. The van der Waals surface area contributed by atoms with Crippen LogP contribution in [0.5, 0.6) is 0 Å². The average molecular weight is 539 g/mol. The number of imidazole rings is 1. The monoisotopic (exact) mass is 538 g/mol. The molecule has 0 unspecified atom stereocenters. The number of nitrogens with one attached hydrogen (secondary N) is 3. The molecule has 3 N–H and O–H groups in total. The van der Waals surface area contributed by atoms with Crippen LogP contribution in [0, 0.1) is 5.82 Å². The van der Waals surface area contributed by atoms with Crippen LogP contribution in [-0.4, -0.2) is 53.1 Å². The molecule has 8 nitrogen and oxygen atoms in total. The molecule has 0 aliphatic carbocycles. The largest absolute Gasteiger partial charge is 0.335 e. The number of pyridine rings is 3. The third kappa shape index (κ3) is 5.04. The Hall–Kier alpha value is -4.41. The molecule has 5 heterocycles. The van der Waals surface area contributed by atoms with Crippen molar-refractivity contribution in [1.82, 2.24) is 39.8 Å². The van der Waals surface area contributed by atoms with Gasteiger partial charge < -0.3 is 4.98 Å². The minimum absolute atomic E-state index is 0.332. The highest BCUT2D eigenvalue weighted by molar-refractivity contribution is 8.25. The number of hydrogen-bond donors (Lipinski definition) is 3. The van der Waals surface area contributed by atoms with Gasteiger partial charge in [0, 0.05) is 41.6 Å². The number of H-pyrrole nitrogens is 2. The highest BCUT2D eigenvalue weighted by atomic mass is 32.2. The van der Waals surface area contributed by atoms with Gasteiger partial charge in [0.25, 0.3) is 0 Å². The molecule has 0 fully saturated rings. The minimum Gasteiger partial charge on any atom is -0.335 e. The molecule has 0 aliphatic rings. The van der Waals surface area contributed by atoms with Gasteiger partial charge in [-0.05, 0) is 59.7 Å². The molecule has 0 spiro atoms. The Labute approximate surface area is 225 Å². The summed E-state index contributed by atoms with van der Waals surface area (Å²) in [5.41, 5.74) is 7.95. The van der Waals surface area contributed by atoms with E-state index in [1.54, 1.807) is 18.6 Å². The number of aromatic amines is 2. The molecule has 39 heavy (non-hydrogen) atoms. The van der Waals surface area contributed by atoms with Gasteiger partial charge in [-0.3, -0.25) is 24.8 Å². The number of benzene rings is 1. The summed E-state index contributed by atoms with van der Waals surface area (Å²) in [6, 6.07) is 9.03. The van der Waals surface area contributed by atoms with E-state index in [-0.39, 0.29) is 5.82 Å². The average Bonchev–Trinajstić information content (AvgIpc) is 3.55. The number of halogens is 1. The molecule has 5 aromatic heterocycles. The zero-order valence-electron chi connectivity index (χ0n) is 21.6. The molecular formula is C29H27FN8S. The van der Waals surface area contributed by atoms with E-state index in [0.29, 0.717) is 29.1 Å². The van der Waals surface area contributed by atoms with Crippen LogP contribution < -0.4 is 4.72 Å². The minimum atomic E-state index is -1.43. The highest BCUT2D eigenvalue weighted by Gasteiger charge is 2.17. The van der Waals surface area contributed by atoms with Crippen molar-refractivity contribution >= 4 is 43.1 Å². The van der Waals surface area contributed by atoms with E-state index in [2.05, 4.69) is 59.6 Å². The standard InChI is InChI=1S/C29H27FN8S/c1-5-17-6-20(13-31-11-17)24-10-22-25(16-33-24)37-38-28(22)29-35-26-15-32-14-23(27(26)36-29)19-7-18(8-21(30)9-19)12-34-39(2,3)4/h6-11,13-16,34H,2-3,5,12H2,1,4H3,(H,35,36)(H,37,38). The zero-order valence-corrected chi connectivity index (χ0v) is 22.4. The van der Waals surface area contributed by atoms with Gasteiger partial charge in [0.05, 0.1) is 34.6 Å². The van der Waals surface area contributed by atoms with E-state index in [4.69, 9.17) is 4.98 Å². The second kappa shape index (κ2) is 9.72. The first-order chi connectivity index (χ1) is 18.8. The van der Waals surface area contributed by atoms with Gasteiger partial charge in [0.2, 0.25) is 0 Å². The number of aryl methyl sites for hydroxylation is 1. The molecular weight excluding hydrogens is 511 g/mol. The van der Waals surface area contributed by atoms with Gasteiger partial charge in [-0.25, -0.2) is 9.37 Å². The summed E-state index contributed by atoms with van der Waals surface area (Å²) < 4.78 is 17.9. The summed E-state index contributed by atoms with van der Waals surface area (Å²) in [4.78, 5) is 21.6. The van der Waals surface area contributed by atoms with Crippen molar-refractivity contribution in [2.45, 2.75) is 19.9 Å². The lowest BCUT2D eigenvalue weighted by atomic mass is 10.0. The van der Waals surface area contributed by atoms with E-state index >= 15 is 0 Å². The molecule has 196 valence electrons. The van der Waals surface area contributed by atoms with E-state index < -0.39 is 9.39 Å². The zero-order chi connectivity index (χ0) is 27.1. The van der Waals surface area contributed by atoms with Gasteiger partial charge in [-0.1, -0.05) is 18.7 Å². The van der Waals surface area contributed by atoms with Crippen molar-refractivity contribution < 1.29 is 4.39 Å². The quantitative estimate of drug-likeness (QED) is 0.227. The summed E-state index contributed by atoms with van der Waals surface area (Å²) in [6.45, 7) is 2.56. The Morgan fingerprint density at radius 2 is 1.74 bits per heavy atom. The highest BCUT2D eigenvalue weighted by Crippen LogP contribution is 2.33. The van der Waals surface area contributed by atoms with Crippen LogP contribution in [-0.2, 0) is 13.0 Å². The molecule has 0 saturated heterocycles. The lowest BCUT2D eigenvalue weighted by molar-refractivity contribution is 0.625. The van der Waals surface area contributed by atoms with Crippen molar-refractivity contribution in [3.05, 3.63) is 78.3 Å². The Morgan fingerprint density at radius 3 is 2.56 bits per heavy atom. The van der Waals surface area contributed by atoms with Gasteiger partial charge in [0.15, 0.2) is 5.82 Å². The summed E-state index contributed by atoms with van der Waals surface area (Å²) in [5, 5.41) is 8.46. The van der Waals surface area contributed by atoms with Crippen LogP contribution >= 0.6 is 9.39 Å². The lowest BCUT2D eigenvalue weighted by Crippen LogP contribution is -2.08. The van der Waals surface area contributed by atoms with Crippen LogP contribution in [0.4, 0.5) is 4.39 Å². The number of nitrogens with zero attached hydrogens (tertiary/aromatic N) is 5. The summed E-state index contributed by atoms with van der Waals surface area (Å²) in [7, 11) is -1.43. The first-order valence-corrected chi connectivity index (χ1v) is 14.8. The summed E-state index contributed by atoms with van der Waals surface area (Å²) in [6.07, 6.45) is 11.7. The maximum Gasteiger partial charge on any atom is 0.159 e. The molecule has 0 bridgehead atoms. The number of fused-ring (bicyclic) bond motifs is 2. The van der Waals surface area contributed by atoms with Gasteiger partial charge in [0.1, 0.15) is 11.5 Å². The molecule has 0 saturated carbocycles. The van der Waals surface area contributed by atoms with E-state index in [1.807, 2.05) is 30.8 Å². The maximum absolute atomic E-state index is 14.6. The number of rotatable bonds is 7. The van der Waals surface area contributed by atoms with Crippen LogP contribution in [0.15, 0.2) is 61.3 Å². The Bertz CT molecular complexity index is 1960. The van der Waals surface area contributed by atoms with Crippen molar-refractivity contribution in [3.63, 3.8) is 0 Å². The summed E-state index contributed by atoms with van der Waals surface area (Å²) in [5.74, 6) is 8.32. The van der Waals surface area contributed by atoms with Gasteiger partial charge in [-0.15, -0.1) is 0 Å². The molecule has 6 rings (SSSR count). The molecule has 0 radical (unpaired) electrons. The molecule has 1 aromatic carbocycles. The van der Waals surface area contributed by atoms with Crippen LogP contribution in [0.2, 0.25) is 0 Å². The van der Waals surface area contributed by atoms with Gasteiger partial charge in [-0.2, -0.15) is 14.5 Å². The number of hydrogen-bond acceptors (Lipinski definition) is 6. The first kappa shape index (κ1) is 24.9. The van der Waals surface area contributed by atoms with E-state index in [0.717, 1.165) is 50.8 Å². The van der Waals surface area contributed by atoms with E-state index in [9.17, 15) is 4.39 Å². The lowest BCUT2D eigenvalue weighted by Gasteiger charge is -2.12. The molecule has 0 amide bonds. The molecule has 0 aliphatic heterocycles. The fourth-order valence-electron chi connectivity index (χ4n) is 4.50. The molecule has 10 heteroatoms. The fraction of sp³-hybridized carbons (Fsp3) is 0.138. The topological polar surface area (TPSA) is 108 Å². The Morgan fingerprint density at radius 1 is 0.923 bits per heavy atom. The van der Waals surface area contributed by atoms with Crippen LogP contribution in [0.25, 0.3) is 55.8 Å². The van der Waals surface area contributed by atoms with Crippen molar-refractivity contribution in [2.75, 3.05) is 6.26 Å². The van der Waals surface area contributed by atoms with E-state index in [1.165, 1.54) is 12.1 Å². The third-order valence-corrected chi connectivity index (χ3v) is 7.30. The predicted molar refractivity (Wildman–Crippen MR) is 159 cm³/mol. The van der Waals surface area contributed by atoms with Crippen LogP contribution in [0.1, 0.15) is 18.1 Å². The van der Waals surface area contributed by atoms with Crippen molar-refractivity contribution in [3.8, 4) is 33.9 Å². The number of aromatic nitrogens is 7. The molecule has 6 aromatic rings. The fourth-order valence-corrected chi connectivity index (χ4v) is 5.01. The normalized spacial score (nSPS) is 12.0. The Kier molecular flexibility index (Phi) is 6.20. The Balaban J connectivity index is 1.42. The van der Waals surface area contributed by atoms with Crippen molar-refractivity contribution in [2.24, 2.45) is 0 Å². The first-order valence-electron chi connectivity index (χ1n) is 12.4. The predicted octanol–water partition coefficient (Wildman–Crippen LogP) is 5.63. The molecule has 0 atom stereocenters. The van der Waals surface area contributed by atoms with Gasteiger partial charge >= 0.3 is 0 Å². The second-order valence-electron chi connectivity index (χ2n) is 9.73. The third-order valence-electron chi connectivity index (χ3n) is 6.46. The van der Waals surface area contributed by atoms with Crippen LogP contribution in [0.3, 0.4) is 0 Å². The SMILES string of the molecule is C=S(=C)(C)NCc1cc(F)cc(-c2cncc3[nH]c(-c4n[nH]c5cnc(-c6cncc(CC)c6)cc45)nc23)c1. The summed E-state index contributed by atoms with van der Waals surface area (Å²) >= 11 is 0. The van der Waals surface area contributed by atoms with Crippen molar-refractivity contribution in [1.29, 1.82) is 0 Å². The maximum atomic E-state index is 14.6.